The minimum absolute atomic E-state index is 0.0242. The van der Waals surface area contributed by atoms with E-state index >= 15 is 0 Å². The molecule has 0 aliphatic heterocycles. The van der Waals surface area contributed by atoms with Gasteiger partial charge in [0, 0.05) is 17.6 Å². The third kappa shape index (κ3) is 2.48. The van der Waals surface area contributed by atoms with Crippen LogP contribution in [0.25, 0.3) is 5.69 Å². The molecule has 0 spiro atoms. The summed E-state index contributed by atoms with van der Waals surface area (Å²) >= 11 is 0. The molecule has 3 rings (SSSR count). The number of hydrogen-bond donors (Lipinski definition) is 1. The Labute approximate surface area is 126 Å². The predicted molar refractivity (Wildman–Crippen MR) is 84.5 cm³/mol. The zero-order valence-corrected chi connectivity index (χ0v) is 12.9. The lowest BCUT2D eigenvalue weighted by molar-refractivity contribution is 0.234. The van der Waals surface area contributed by atoms with Gasteiger partial charge in [0.1, 0.15) is 11.6 Å². The summed E-state index contributed by atoms with van der Waals surface area (Å²) in [6.45, 7) is 4.98. The summed E-state index contributed by atoms with van der Waals surface area (Å²) in [4.78, 5) is 0. The van der Waals surface area contributed by atoms with Gasteiger partial charge in [0.2, 0.25) is 0 Å². The Morgan fingerprint density at radius 3 is 2.48 bits per heavy atom. The molecule has 4 nitrogen and oxygen atoms in total. The SMILES string of the molecule is Cc1nnc(C2(CN)CCC(C)CC2)n1-c1ccccc1. The first-order valence-corrected chi connectivity index (χ1v) is 7.84. The van der Waals surface area contributed by atoms with E-state index < -0.39 is 0 Å². The zero-order valence-electron chi connectivity index (χ0n) is 12.9. The van der Waals surface area contributed by atoms with Crippen LogP contribution in [0.4, 0.5) is 0 Å². The molecule has 1 heterocycles. The molecule has 1 aliphatic carbocycles. The Balaban J connectivity index is 2.07. The van der Waals surface area contributed by atoms with E-state index in [0.717, 1.165) is 36.1 Å². The van der Waals surface area contributed by atoms with Gasteiger partial charge in [0.05, 0.1) is 0 Å². The van der Waals surface area contributed by atoms with E-state index in [9.17, 15) is 0 Å². The van der Waals surface area contributed by atoms with E-state index in [0.29, 0.717) is 6.54 Å². The van der Waals surface area contributed by atoms with Crippen LogP contribution < -0.4 is 5.73 Å². The van der Waals surface area contributed by atoms with Crippen molar-refractivity contribution in [1.82, 2.24) is 14.8 Å². The molecule has 112 valence electrons. The fraction of sp³-hybridized carbons (Fsp3) is 0.529. The van der Waals surface area contributed by atoms with Crippen molar-refractivity contribution in [3.63, 3.8) is 0 Å². The monoisotopic (exact) mass is 284 g/mol. The molecule has 1 saturated carbocycles. The Morgan fingerprint density at radius 1 is 1.19 bits per heavy atom. The molecule has 2 N–H and O–H groups in total. The smallest absolute Gasteiger partial charge is 0.145 e. The van der Waals surface area contributed by atoms with Crippen LogP contribution in [0.15, 0.2) is 30.3 Å². The van der Waals surface area contributed by atoms with Crippen LogP contribution >= 0.6 is 0 Å². The highest BCUT2D eigenvalue weighted by Gasteiger charge is 2.39. The molecular formula is C17H24N4. The second-order valence-electron chi connectivity index (χ2n) is 6.41. The van der Waals surface area contributed by atoms with Crippen molar-refractivity contribution in [2.45, 2.75) is 44.9 Å². The second-order valence-corrected chi connectivity index (χ2v) is 6.41. The lowest BCUT2D eigenvalue weighted by Crippen LogP contribution is -2.41. The van der Waals surface area contributed by atoms with Gasteiger partial charge in [-0.15, -0.1) is 10.2 Å². The van der Waals surface area contributed by atoms with Gasteiger partial charge in [-0.05, 0) is 50.7 Å². The number of nitrogens with two attached hydrogens (primary N) is 1. The molecule has 0 unspecified atom stereocenters. The number of benzene rings is 1. The number of aromatic nitrogens is 3. The number of rotatable bonds is 3. The highest BCUT2D eigenvalue weighted by Crippen LogP contribution is 2.40. The molecule has 0 bridgehead atoms. The summed E-state index contributed by atoms with van der Waals surface area (Å²) in [7, 11) is 0. The summed E-state index contributed by atoms with van der Waals surface area (Å²) in [6.07, 6.45) is 4.65. The van der Waals surface area contributed by atoms with E-state index in [1.165, 1.54) is 12.8 Å². The molecule has 0 radical (unpaired) electrons. The minimum Gasteiger partial charge on any atom is -0.329 e. The summed E-state index contributed by atoms with van der Waals surface area (Å²) in [5, 5.41) is 8.85. The fourth-order valence-electron chi connectivity index (χ4n) is 3.43. The van der Waals surface area contributed by atoms with Gasteiger partial charge in [0.15, 0.2) is 0 Å². The van der Waals surface area contributed by atoms with Crippen LogP contribution in [-0.4, -0.2) is 21.3 Å². The largest absolute Gasteiger partial charge is 0.329 e. The van der Waals surface area contributed by atoms with Crippen LogP contribution in [0.2, 0.25) is 0 Å². The Bertz CT molecular complexity index is 595. The van der Waals surface area contributed by atoms with Crippen LogP contribution in [0.5, 0.6) is 0 Å². The molecule has 0 amide bonds. The summed E-state index contributed by atoms with van der Waals surface area (Å²) in [5.41, 5.74) is 7.29. The van der Waals surface area contributed by atoms with Crippen LogP contribution in [0.1, 0.15) is 44.3 Å². The maximum atomic E-state index is 6.19. The third-order valence-electron chi connectivity index (χ3n) is 4.94. The number of aryl methyl sites for hydroxylation is 1. The van der Waals surface area contributed by atoms with Crippen molar-refractivity contribution in [2.75, 3.05) is 6.54 Å². The first-order valence-electron chi connectivity index (χ1n) is 7.84. The van der Waals surface area contributed by atoms with Gasteiger partial charge < -0.3 is 5.73 Å². The van der Waals surface area contributed by atoms with Gasteiger partial charge in [-0.3, -0.25) is 4.57 Å². The average Bonchev–Trinajstić information content (AvgIpc) is 2.92. The number of nitrogens with zero attached hydrogens (tertiary/aromatic N) is 3. The quantitative estimate of drug-likeness (QED) is 0.942. The zero-order chi connectivity index (χ0) is 14.9. The van der Waals surface area contributed by atoms with Crippen molar-refractivity contribution in [2.24, 2.45) is 11.7 Å². The van der Waals surface area contributed by atoms with Gasteiger partial charge in [0.25, 0.3) is 0 Å². The molecule has 0 saturated heterocycles. The van der Waals surface area contributed by atoms with Gasteiger partial charge >= 0.3 is 0 Å². The molecular weight excluding hydrogens is 260 g/mol. The van der Waals surface area contributed by atoms with Crippen molar-refractivity contribution >= 4 is 0 Å². The van der Waals surface area contributed by atoms with Crippen LogP contribution in [0, 0.1) is 12.8 Å². The summed E-state index contributed by atoms with van der Waals surface area (Å²) in [5.74, 6) is 2.77. The molecule has 1 aromatic carbocycles. The van der Waals surface area contributed by atoms with Crippen molar-refractivity contribution in [3.8, 4) is 5.69 Å². The van der Waals surface area contributed by atoms with Crippen molar-refractivity contribution in [1.29, 1.82) is 0 Å². The molecule has 1 fully saturated rings. The van der Waals surface area contributed by atoms with Crippen molar-refractivity contribution in [3.05, 3.63) is 42.0 Å². The first kappa shape index (κ1) is 14.3. The van der Waals surface area contributed by atoms with Gasteiger partial charge in [-0.1, -0.05) is 25.1 Å². The molecule has 4 heteroatoms. The molecule has 0 atom stereocenters. The Morgan fingerprint density at radius 2 is 1.86 bits per heavy atom. The van der Waals surface area contributed by atoms with Gasteiger partial charge in [-0.25, -0.2) is 0 Å². The number of hydrogen-bond acceptors (Lipinski definition) is 3. The van der Waals surface area contributed by atoms with Crippen LogP contribution in [-0.2, 0) is 5.41 Å². The maximum absolute atomic E-state index is 6.19. The third-order valence-corrected chi connectivity index (χ3v) is 4.94. The summed E-state index contributed by atoms with van der Waals surface area (Å²) < 4.78 is 2.18. The normalized spacial score (nSPS) is 26.0. The Hall–Kier alpha value is -1.68. The lowest BCUT2D eigenvalue weighted by Gasteiger charge is -2.37. The second kappa shape index (κ2) is 5.60. The number of para-hydroxylation sites is 1. The average molecular weight is 284 g/mol. The van der Waals surface area contributed by atoms with Crippen molar-refractivity contribution < 1.29 is 0 Å². The lowest BCUT2D eigenvalue weighted by atomic mass is 9.70. The van der Waals surface area contributed by atoms with E-state index in [1.54, 1.807) is 0 Å². The highest BCUT2D eigenvalue weighted by molar-refractivity contribution is 5.35. The topological polar surface area (TPSA) is 56.7 Å². The maximum Gasteiger partial charge on any atom is 0.145 e. The van der Waals surface area contributed by atoms with E-state index in [4.69, 9.17) is 5.73 Å². The minimum atomic E-state index is -0.0242. The van der Waals surface area contributed by atoms with E-state index in [1.807, 2.05) is 13.0 Å². The predicted octanol–water partition coefficient (Wildman–Crippen LogP) is 2.98. The molecule has 1 aromatic heterocycles. The first-order chi connectivity index (χ1) is 10.2. The van der Waals surface area contributed by atoms with Gasteiger partial charge in [-0.2, -0.15) is 0 Å². The molecule has 1 aliphatic rings. The highest BCUT2D eigenvalue weighted by atomic mass is 15.3. The van der Waals surface area contributed by atoms with E-state index in [2.05, 4.69) is 46.0 Å². The Kier molecular flexibility index (Phi) is 3.81. The fourth-order valence-corrected chi connectivity index (χ4v) is 3.43. The van der Waals surface area contributed by atoms with E-state index in [-0.39, 0.29) is 5.41 Å². The molecule has 2 aromatic rings. The standard InChI is InChI=1S/C17H24N4/c1-13-8-10-17(12-18,11-9-13)16-20-19-14(2)21(16)15-6-4-3-5-7-15/h3-7,13H,8-12,18H2,1-2H3. The molecule has 21 heavy (non-hydrogen) atoms. The van der Waals surface area contributed by atoms with Crippen LogP contribution in [0.3, 0.4) is 0 Å². The summed E-state index contributed by atoms with van der Waals surface area (Å²) in [6, 6.07) is 10.3.